The van der Waals surface area contributed by atoms with Gasteiger partial charge in [0.25, 0.3) is 0 Å². The third kappa shape index (κ3) is 2.16. The molecule has 0 fully saturated rings. The molecule has 0 spiro atoms. The smallest absolute Gasteiger partial charge is 0.423 e. The van der Waals surface area contributed by atoms with Gasteiger partial charge >= 0.3 is 12.2 Å². The van der Waals surface area contributed by atoms with E-state index >= 15 is 0 Å². The molecule has 1 rings (SSSR count). The molecular weight excluding hydrogens is 264 g/mol. The number of amides is 2. The Morgan fingerprint density at radius 2 is 2.00 bits per heavy atom. The lowest BCUT2D eigenvalue weighted by Crippen LogP contribution is -2.34. The van der Waals surface area contributed by atoms with E-state index in [0.29, 0.717) is 3.79 Å². The summed E-state index contributed by atoms with van der Waals surface area (Å²) in [6, 6.07) is 0. The average molecular weight is 267 g/mol. The molecule has 1 aromatic rings. The molecule has 0 aliphatic rings. The van der Waals surface area contributed by atoms with Crippen LogP contribution in [0.4, 0.5) is 14.7 Å². The van der Waals surface area contributed by atoms with Crippen molar-refractivity contribution in [1.29, 1.82) is 0 Å². The van der Waals surface area contributed by atoms with E-state index < -0.39 is 12.2 Å². The van der Waals surface area contributed by atoms with Gasteiger partial charge in [-0.3, -0.25) is 0 Å². The lowest BCUT2D eigenvalue weighted by atomic mass is 10.8. The van der Waals surface area contributed by atoms with Gasteiger partial charge in [-0.15, -0.1) is 0 Å². The van der Waals surface area contributed by atoms with Crippen molar-refractivity contribution in [3.05, 3.63) is 9.98 Å². The van der Waals surface area contributed by atoms with E-state index in [-0.39, 0.29) is 10.0 Å². The summed E-state index contributed by atoms with van der Waals surface area (Å²) in [5.41, 5.74) is 0. The fraction of sp³-hybridized carbons (Fsp3) is 0. The third-order valence-corrected chi connectivity index (χ3v) is 2.50. The number of rotatable bonds is 1. The lowest BCUT2D eigenvalue weighted by Gasteiger charge is -2.07. The number of nitrogens with zero attached hydrogens (tertiary/aromatic N) is 2. The molecule has 70 valence electrons. The Morgan fingerprint density at radius 3 is 2.31 bits per heavy atom. The Bertz CT molecular complexity index is 338. The minimum atomic E-state index is -1.57. The van der Waals surface area contributed by atoms with Crippen LogP contribution in [0, 0.1) is 0 Å². The number of halogens is 1. The third-order valence-electron chi connectivity index (χ3n) is 1.04. The Balaban J connectivity index is 3.02. The van der Waals surface area contributed by atoms with Crippen molar-refractivity contribution in [2.24, 2.45) is 0 Å². The predicted molar refractivity (Wildman–Crippen MR) is 48.3 cm³/mol. The van der Waals surface area contributed by atoms with Crippen molar-refractivity contribution in [2.75, 3.05) is 4.90 Å². The largest absolute Gasteiger partial charge is 0.464 e. The van der Waals surface area contributed by atoms with Crippen molar-refractivity contribution in [2.45, 2.75) is 0 Å². The van der Waals surface area contributed by atoms with Crippen LogP contribution in [0.2, 0.25) is 0 Å². The Morgan fingerprint density at radius 1 is 1.46 bits per heavy atom. The minimum absolute atomic E-state index is 0.105. The van der Waals surface area contributed by atoms with Crippen LogP contribution in [-0.4, -0.2) is 27.4 Å². The molecule has 0 aliphatic heterocycles. The van der Waals surface area contributed by atoms with Crippen molar-refractivity contribution in [1.82, 2.24) is 4.98 Å². The van der Waals surface area contributed by atoms with Crippen LogP contribution >= 0.6 is 27.3 Å². The summed E-state index contributed by atoms with van der Waals surface area (Å²) < 4.78 is 0.565. The van der Waals surface area contributed by atoms with Crippen LogP contribution < -0.4 is 4.90 Å². The van der Waals surface area contributed by atoms with Crippen molar-refractivity contribution < 1.29 is 19.8 Å². The molecule has 1 aromatic heterocycles. The van der Waals surface area contributed by atoms with Gasteiger partial charge in [0.05, 0.1) is 9.98 Å². The van der Waals surface area contributed by atoms with Gasteiger partial charge in [-0.05, 0) is 15.9 Å². The number of thiazole rings is 1. The maximum Gasteiger partial charge on any atom is 0.423 e. The molecule has 0 aliphatic carbocycles. The molecule has 0 saturated heterocycles. The van der Waals surface area contributed by atoms with E-state index in [9.17, 15) is 9.59 Å². The van der Waals surface area contributed by atoms with Gasteiger partial charge in [0.2, 0.25) is 5.13 Å². The molecule has 0 saturated carbocycles. The highest BCUT2D eigenvalue weighted by Gasteiger charge is 2.24. The first-order valence-electron chi connectivity index (χ1n) is 2.89. The lowest BCUT2D eigenvalue weighted by molar-refractivity contribution is 0.184. The zero-order valence-corrected chi connectivity index (χ0v) is 8.37. The maximum absolute atomic E-state index is 10.4. The summed E-state index contributed by atoms with van der Waals surface area (Å²) in [4.78, 5) is 24.6. The second kappa shape index (κ2) is 3.71. The van der Waals surface area contributed by atoms with E-state index in [2.05, 4.69) is 20.9 Å². The summed E-state index contributed by atoms with van der Waals surface area (Å²) in [6.45, 7) is 0. The highest BCUT2D eigenvalue weighted by molar-refractivity contribution is 9.11. The summed E-state index contributed by atoms with van der Waals surface area (Å²) in [5, 5.41) is 16.9. The first-order chi connectivity index (χ1) is 6.02. The van der Waals surface area contributed by atoms with Crippen molar-refractivity contribution in [3.63, 3.8) is 0 Å². The van der Waals surface area contributed by atoms with Gasteiger partial charge in [0.1, 0.15) is 0 Å². The fourth-order valence-electron chi connectivity index (χ4n) is 0.595. The highest BCUT2D eigenvalue weighted by Crippen LogP contribution is 2.26. The fourth-order valence-corrected chi connectivity index (χ4v) is 1.76. The Labute approximate surface area is 84.6 Å². The van der Waals surface area contributed by atoms with Crippen LogP contribution in [0.3, 0.4) is 0 Å². The van der Waals surface area contributed by atoms with Gasteiger partial charge in [0, 0.05) is 0 Å². The molecule has 1 heterocycles. The SMILES string of the molecule is O=C(O)N(C(=O)O)c1ncc(Br)s1. The molecule has 2 amide bonds. The van der Waals surface area contributed by atoms with Crippen LogP contribution in [0.15, 0.2) is 9.98 Å². The molecule has 0 aromatic carbocycles. The first-order valence-corrected chi connectivity index (χ1v) is 4.50. The maximum atomic E-state index is 10.4. The number of hydrogen-bond acceptors (Lipinski definition) is 4. The molecule has 2 N–H and O–H groups in total. The summed E-state index contributed by atoms with van der Waals surface area (Å²) in [6.07, 6.45) is -1.82. The summed E-state index contributed by atoms with van der Waals surface area (Å²) >= 11 is 3.96. The van der Waals surface area contributed by atoms with E-state index in [1.165, 1.54) is 6.20 Å². The average Bonchev–Trinajstić information content (AvgIpc) is 2.34. The molecule has 0 radical (unpaired) electrons. The zero-order chi connectivity index (χ0) is 10.0. The first kappa shape index (κ1) is 9.93. The van der Waals surface area contributed by atoms with Crippen molar-refractivity contribution >= 4 is 44.6 Å². The Hall–Kier alpha value is -1.15. The second-order valence-corrected chi connectivity index (χ2v) is 4.24. The number of carbonyl (C=O) groups is 2. The van der Waals surface area contributed by atoms with E-state index in [1.807, 2.05) is 0 Å². The number of anilines is 1. The van der Waals surface area contributed by atoms with Crippen LogP contribution in [0.25, 0.3) is 0 Å². The minimum Gasteiger partial charge on any atom is -0.464 e. The quantitative estimate of drug-likeness (QED) is 0.812. The zero-order valence-electron chi connectivity index (χ0n) is 5.97. The molecular formula is C5H3BrN2O4S. The van der Waals surface area contributed by atoms with E-state index in [4.69, 9.17) is 10.2 Å². The molecule has 0 bridgehead atoms. The predicted octanol–water partition coefficient (Wildman–Crippen LogP) is 2.07. The standard InChI is InChI=1S/C5H3BrN2O4S/c6-2-1-7-3(13-2)8(4(9)10)5(11)12/h1H,(H,9,10)(H,11,12). The van der Waals surface area contributed by atoms with Crippen LogP contribution in [0.1, 0.15) is 0 Å². The normalized spacial score (nSPS) is 9.62. The molecule has 6 nitrogen and oxygen atoms in total. The van der Waals surface area contributed by atoms with Gasteiger partial charge in [-0.1, -0.05) is 11.3 Å². The molecule has 0 unspecified atom stereocenters. The highest BCUT2D eigenvalue weighted by atomic mass is 79.9. The van der Waals surface area contributed by atoms with Crippen LogP contribution in [-0.2, 0) is 0 Å². The topological polar surface area (TPSA) is 90.7 Å². The van der Waals surface area contributed by atoms with Crippen LogP contribution in [0.5, 0.6) is 0 Å². The summed E-state index contributed by atoms with van der Waals surface area (Å²) in [5.74, 6) is 0. The monoisotopic (exact) mass is 266 g/mol. The van der Waals surface area contributed by atoms with Gasteiger partial charge in [-0.25, -0.2) is 14.6 Å². The number of hydrogen-bond donors (Lipinski definition) is 2. The van der Waals surface area contributed by atoms with E-state index in [1.54, 1.807) is 0 Å². The molecule has 0 atom stereocenters. The van der Waals surface area contributed by atoms with Crippen molar-refractivity contribution in [3.8, 4) is 0 Å². The number of carboxylic acid groups (broad SMARTS) is 2. The Kier molecular flexibility index (Phi) is 2.83. The second-order valence-electron chi connectivity index (χ2n) is 1.85. The molecule has 8 heteroatoms. The summed E-state index contributed by atoms with van der Waals surface area (Å²) in [7, 11) is 0. The van der Waals surface area contributed by atoms with Gasteiger partial charge in [0.15, 0.2) is 0 Å². The van der Waals surface area contributed by atoms with Gasteiger partial charge < -0.3 is 10.2 Å². The van der Waals surface area contributed by atoms with E-state index in [0.717, 1.165) is 11.3 Å². The molecule has 13 heavy (non-hydrogen) atoms. The number of aromatic nitrogens is 1. The van der Waals surface area contributed by atoms with Gasteiger partial charge in [-0.2, -0.15) is 4.90 Å². The number of imide groups is 1.